The standard InChI is InChI=1S/C25H33N5O4S2.ClH/c1-17(2)27-13-14-28-19-3-6-21(7-4-19)36(32,33)34-20-5-8-22-23(16-20)35-25(29-22)30-24(31)15-18-9-11-26-12-10-18;/h3-8,16-18,26-28H,9-15H2,1-2H3,(H,29,30,31);1H. The van der Waals surface area contributed by atoms with Crippen LogP contribution in [0, 0.1) is 5.92 Å². The maximum absolute atomic E-state index is 12.8. The number of carbonyl (C=O) groups is 1. The maximum Gasteiger partial charge on any atom is 0.339 e. The number of benzene rings is 2. The van der Waals surface area contributed by atoms with Crippen molar-refractivity contribution in [1.29, 1.82) is 0 Å². The lowest BCUT2D eigenvalue weighted by molar-refractivity contribution is -0.117. The molecule has 0 unspecified atom stereocenters. The smallest absolute Gasteiger partial charge is 0.339 e. The van der Waals surface area contributed by atoms with E-state index >= 15 is 0 Å². The fourth-order valence-electron chi connectivity index (χ4n) is 4.01. The first-order chi connectivity index (χ1) is 17.3. The summed E-state index contributed by atoms with van der Waals surface area (Å²) in [5, 5.41) is 13.2. The molecule has 1 aliphatic rings. The second-order valence-corrected chi connectivity index (χ2v) is 11.8. The molecule has 37 heavy (non-hydrogen) atoms. The highest BCUT2D eigenvalue weighted by atomic mass is 35.5. The van der Waals surface area contributed by atoms with E-state index in [1.54, 1.807) is 30.3 Å². The van der Waals surface area contributed by atoms with Crippen molar-refractivity contribution in [2.75, 3.05) is 36.8 Å². The van der Waals surface area contributed by atoms with Crippen LogP contribution in [-0.2, 0) is 14.9 Å². The summed E-state index contributed by atoms with van der Waals surface area (Å²) >= 11 is 1.29. The quantitative estimate of drug-likeness (QED) is 0.201. The average molecular weight is 568 g/mol. The van der Waals surface area contributed by atoms with Crippen molar-refractivity contribution in [1.82, 2.24) is 15.6 Å². The van der Waals surface area contributed by atoms with Gasteiger partial charge in [-0.15, -0.1) is 12.4 Å². The molecule has 1 aliphatic heterocycles. The minimum absolute atomic E-state index is 0. The van der Waals surface area contributed by atoms with Crippen LogP contribution in [0.4, 0.5) is 10.8 Å². The molecule has 0 bridgehead atoms. The van der Waals surface area contributed by atoms with Gasteiger partial charge in [0.1, 0.15) is 10.6 Å². The number of hydrogen-bond donors (Lipinski definition) is 4. The molecular weight excluding hydrogens is 534 g/mol. The van der Waals surface area contributed by atoms with Crippen LogP contribution in [0.3, 0.4) is 0 Å². The second kappa shape index (κ2) is 13.4. The van der Waals surface area contributed by atoms with E-state index in [0.29, 0.717) is 29.0 Å². The van der Waals surface area contributed by atoms with Crippen LogP contribution in [0.2, 0.25) is 0 Å². The summed E-state index contributed by atoms with van der Waals surface area (Å²) in [7, 11) is -3.99. The Kier molecular flexibility index (Phi) is 10.5. The molecule has 3 aromatic rings. The molecule has 2 aromatic carbocycles. The first kappa shape index (κ1) is 29.1. The number of thiazole rings is 1. The third-order valence-corrected chi connectivity index (χ3v) is 8.09. The van der Waals surface area contributed by atoms with Crippen LogP contribution >= 0.6 is 23.7 Å². The van der Waals surface area contributed by atoms with Crippen LogP contribution in [0.15, 0.2) is 47.4 Å². The summed E-state index contributed by atoms with van der Waals surface area (Å²) in [5.74, 6) is 0.535. The molecule has 1 fully saturated rings. The normalized spacial score (nSPS) is 14.4. The summed E-state index contributed by atoms with van der Waals surface area (Å²) in [6.07, 6.45) is 2.47. The predicted molar refractivity (Wildman–Crippen MR) is 152 cm³/mol. The van der Waals surface area contributed by atoms with Gasteiger partial charge in [-0.3, -0.25) is 4.79 Å². The lowest BCUT2D eigenvalue weighted by Gasteiger charge is -2.21. The van der Waals surface area contributed by atoms with Crippen LogP contribution in [-0.4, -0.2) is 51.5 Å². The number of amides is 1. The van der Waals surface area contributed by atoms with E-state index < -0.39 is 10.1 Å². The van der Waals surface area contributed by atoms with E-state index in [0.717, 1.165) is 49.4 Å². The Morgan fingerprint density at radius 2 is 1.86 bits per heavy atom. The lowest BCUT2D eigenvalue weighted by atomic mass is 9.94. The number of piperidine rings is 1. The third kappa shape index (κ3) is 8.54. The van der Waals surface area contributed by atoms with E-state index in [9.17, 15) is 13.2 Å². The maximum atomic E-state index is 12.8. The number of fused-ring (bicyclic) bond motifs is 1. The highest BCUT2D eigenvalue weighted by molar-refractivity contribution is 7.87. The van der Waals surface area contributed by atoms with E-state index in [4.69, 9.17) is 4.18 Å². The van der Waals surface area contributed by atoms with Gasteiger partial charge in [0.05, 0.1) is 10.2 Å². The highest BCUT2D eigenvalue weighted by Gasteiger charge is 2.19. The van der Waals surface area contributed by atoms with Crippen LogP contribution < -0.4 is 25.5 Å². The summed E-state index contributed by atoms with van der Waals surface area (Å²) in [6, 6.07) is 11.8. The van der Waals surface area contributed by atoms with Crippen LogP contribution in [0.5, 0.6) is 5.75 Å². The number of halogens is 1. The molecule has 0 atom stereocenters. The Morgan fingerprint density at radius 1 is 1.14 bits per heavy atom. The summed E-state index contributed by atoms with van der Waals surface area (Å²) in [6.45, 7) is 7.60. The average Bonchev–Trinajstić information content (AvgIpc) is 3.23. The van der Waals surface area contributed by atoms with Crippen molar-refractivity contribution in [2.45, 2.75) is 44.0 Å². The van der Waals surface area contributed by atoms with Crippen molar-refractivity contribution in [3.8, 4) is 5.75 Å². The molecule has 0 radical (unpaired) electrons. The zero-order valence-corrected chi connectivity index (χ0v) is 23.4. The zero-order chi connectivity index (χ0) is 25.5. The van der Waals surface area contributed by atoms with Gasteiger partial charge >= 0.3 is 10.1 Å². The minimum Gasteiger partial charge on any atom is -0.384 e. The van der Waals surface area contributed by atoms with E-state index in [-0.39, 0.29) is 29.0 Å². The Balaban J connectivity index is 0.00000380. The van der Waals surface area contributed by atoms with Crippen LogP contribution in [0.1, 0.15) is 33.1 Å². The van der Waals surface area contributed by atoms with Gasteiger partial charge in [-0.1, -0.05) is 25.2 Å². The number of carbonyl (C=O) groups excluding carboxylic acids is 1. The molecule has 2 heterocycles. The first-order valence-electron chi connectivity index (χ1n) is 12.2. The van der Waals surface area contributed by atoms with E-state index in [2.05, 4.69) is 40.1 Å². The van der Waals surface area contributed by atoms with Crippen molar-refractivity contribution in [3.63, 3.8) is 0 Å². The van der Waals surface area contributed by atoms with E-state index in [1.807, 2.05) is 0 Å². The second-order valence-electron chi connectivity index (χ2n) is 9.19. The van der Waals surface area contributed by atoms with Gasteiger partial charge in [0.15, 0.2) is 5.13 Å². The number of rotatable bonds is 11. The molecule has 0 aliphatic carbocycles. The summed E-state index contributed by atoms with van der Waals surface area (Å²) < 4.78 is 31.7. The Morgan fingerprint density at radius 3 is 2.57 bits per heavy atom. The number of nitrogens with one attached hydrogen (secondary N) is 4. The molecule has 1 amide bonds. The van der Waals surface area contributed by atoms with Crippen molar-refractivity contribution < 1.29 is 17.4 Å². The van der Waals surface area contributed by atoms with Gasteiger partial charge < -0.3 is 25.5 Å². The van der Waals surface area contributed by atoms with Crippen molar-refractivity contribution >= 4 is 60.8 Å². The Labute approximate surface area is 228 Å². The zero-order valence-electron chi connectivity index (χ0n) is 21.0. The van der Waals surface area contributed by atoms with Crippen molar-refractivity contribution in [2.24, 2.45) is 5.92 Å². The van der Waals surface area contributed by atoms with Gasteiger partial charge in [-0.2, -0.15) is 8.42 Å². The number of hydrogen-bond acceptors (Lipinski definition) is 9. The van der Waals surface area contributed by atoms with Gasteiger partial charge in [-0.05, 0) is 68.2 Å². The van der Waals surface area contributed by atoms with E-state index in [1.165, 1.54) is 23.5 Å². The molecule has 202 valence electrons. The molecule has 4 rings (SSSR count). The molecule has 12 heteroatoms. The number of anilines is 2. The number of nitrogens with zero attached hydrogens (tertiary/aromatic N) is 1. The van der Waals surface area contributed by atoms with Crippen molar-refractivity contribution in [3.05, 3.63) is 42.5 Å². The largest absolute Gasteiger partial charge is 0.384 e. The third-order valence-electron chi connectivity index (χ3n) is 5.89. The fraction of sp³-hybridized carbons (Fsp3) is 0.440. The molecule has 1 saturated heterocycles. The lowest BCUT2D eigenvalue weighted by Crippen LogP contribution is -2.30. The molecular formula is C25H34ClN5O4S2. The van der Waals surface area contributed by atoms with Gasteiger partial charge in [0.25, 0.3) is 0 Å². The van der Waals surface area contributed by atoms with Gasteiger partial charge in [0.2, 0.25) is 5.91 Å². The molecule has 0 saturated carbocycles. The summed E-state index contributed by atoms with van der Waals surface area (Å²) in [4.78, 5) is 16.9. The predicted octanol–water partition coefficient (Wildman–Crippen LogP) is 4.22. The molecule has 9 nitrogen and oxygen atoms in total. The Hall–Kier alpha value is -2.44. The SMILES string of the molecule is CC(C)NCCNc1ccc(S(=O)(=O)Oc2ccc3nc(NC(=O)CC4CCNCC4)sc3c2)cc1.Cl. The Bertz CT molecular complexity index is 1280. The molecule has 1 aromatic heterocycles. The monoisotopic (exact) mass is 567 g/mol. The topological polar surface area (TPSA) is 121 Å². The molecule has 4 N–H and O–H groups in total. The van der Waals surface area contributed by atoms with Gasteiger partial charge in [0, 0.05) is 37.3 Å². The minimum atomic E-state index is -3.99. The fourth-order valence-corrected chi connectivity index (χ4v) is 5.84. The molecule has 0 spiro atoms. The van der Waals surface area contributed by atoms with Crippen LogP contribution in [0.25, 0.3) is 10.2 Å². The van der Waals surface area contributed by atoms with Gasteiger partial charge in [-0.25, -0.2) is 4.98 Å². The number of aromatic nitrogens is 1. The highest BCUT2D eigenvalue weighted by Crippen LogP contribution is 2.31. The summed E-state index contributed by atoms with van der Waals surface area (Å²) in [5.41, 5.74) is 1.50. The first-order valence-corrected chi connectivity index (χ1v) is 14.4.